The average Bonchev–Trinajstić information content (AvgIpc) is 2.86. The van der Waals surface area contributed by atoms with E-state index in [0.717, 1.165) is 18.8 Å². The van der Waals surface area contributed by atoms with Gasteiger partial charge in [-0.05, 0) is 12.1 Å². The summed E-state index contributed by atoms with van der Waals surface area (Å²) >= 11 is 5.78. The maximum absolute atomic E-state index is 9.12. The van der Waals surface area contributed by atoms with Crippen molar-refractivity contribution in [3.63, 3.8) is 0 Å². The third kappa shape index (κ3) is 2.65. The first-order valence-corrected chi connectivity index (χ1v) is 6.53. The molecule has 0 atom stereocenters. The summed E-state index contributed by atoms with van der Waals surface area (Å²) in [6.45, 7) is 2.15. The fourth-order valence-corrected chi connectivity index (χ4v) is 2.40. The number of halogens is 1. The van der Waals surface area contributed by atoms with Crippen LogP contribution in [0.2, 0.25) is 0 Å². The van der Waals surface area contributed by atoms with Crippen LogP contribution in [0.1, 0.15) is 0 Å². The van der Waals surface area contributed by atoms with E-state index in [0.29, 0.717) is 18.2 Å². The number of alkyl halides is 1. The van der Waals surface area contributed by atoms with E-state index in [1.165, 1.54) is 0 Å². The summed E-state index contributed by atoms with van der Waals surface area (Å²) in [6.07, 6.45) is 0. The van der Waals surface area contributed by atoms with E-state index in [2.05, 4.69) is 0 Å². The number of allylic oxidation sites excluding steroid dienone is 1. The van der Waals surface area contributed by atoms with Crippen LogP contribution in [0.3, 0.4) is 0 Å². The van der Waals surface area contributed by atoms with Gasteiger partial charge in [-0.1, -0.05) is 18.2 Å². The number of para-hydroxylation sites is 1. The molecule has 19 heavy (non-hydrogen) atoms. The normalized spacial score (nSPS) is 14.2. The molecular weight excluding hydrogens is 260 g/mol. The van der Waals surface area contributed by atoms with Crippen LogP contribution in [0.4, 0.5) is 5.69 Å². The van der Waals surface area contributed by atoms with Crippen molar-refractivity contribution in [1.29, 1.82) is 10.5 Å². The first-order chi connectivity index (χ1) is 9.31. The molecule has 0 radical (unpaired) electrons. The quantitative estimate of drug-likeness (QED) is 0.626. The molecule has 0 spiro atoms. The van der Waals surface area contributed by atoms with Crippen molar-refractivity contribution in [2.45, 2.75) is 0 Å². The lowest BCUT2D eigenvalue weighted by Crippen LogP contribution is -2.26. The highest BCUT2D eigenvalue weighted by Crippen LogP contribution is 2.28. The van der Waals surface area contributed by atoms with Crippen LogP contribution < -0.4 is 4.90 Å². The Balaban J connectivity index is 2.43. The highest BCUT2D eigenvalue weighted by atomic mass is 35.5. The first kappa shape index (κ1) is 13.3. The molecule has 0 aliphatic carbocycles. The van der Waals surface area contributed by atoms with E-state index >= 15 is 0 Å². The van der Waals surface area contributed by atoms with Gasteiger partial charge in [0.25, 0.3) is 0 Å². The van der Waals surface area contributed by atoms with Gasteiger partial charge < -0.3 is 9.80 Å². The number of nitrogens with zero attached hydrogens (tertiary/aromatic N) is 4. The lowest BCUT2D eigenvalue weighted by Gasteiger charge is -2.24. The SMILES string of the molecule is N#CC(C#N)=C1N(CCCl)CCN1c1ccccc1. The zero-order chi connectivity index (χ0) is 13.7. The van der Waals surface area contributed by atoms with Crippen molar-refractivity contribution < 1.29 is 0 Å². The zero-order valence-corrected chi connectivity index (χ0v) is 11.1. The van der Waals surface area contributed by atoms with Crippen molar-refractivity contribution >= 4 is 17.3 Å². The third-order valence-electron chi connectivity index (χ3n) is 3.02. The number of hydrogen-bond donors (Lipinski definition) is 0. The Hall–Kier alpha value is -2.17. The van der Waals surface area contributed by atoms with Crippen molar-refractivity contribution in [1.82, 2.24) is 4.90 Å². The van der Waals surface area contributed by atoms with E-state index in [9.17, 15) is 0 Å². The van der Waals surface area contributed by atoms with Crippen LogP contribution in [0, 0.1) is 22.7 Å². The van der Waals surface area contributed by atoms with E-state index < -0.39 is 0 Å². The summed E-state index contributed by atoms with van der Waals surface area (Å²) in [5.41, 5.74) is 1.11. The van der Waals surface area contributed by atoms with Gasteiger partial charge in [-0.25, -0.2) is 0 Å². The van der Waals surface area contributed by atoms with Gasteiger partial charge in [0.1, 0.15) is 18.0 Å². The Morgan fingerprint density at radius 1 is 1.16 bits per heavy atom. The molecule has 1 fully saturated rings. The molecule has 5 heteroatoms. The monoisotopic (exact) mass is 272 g/mol. The lowest BCUT2D eigenvalue weighted by atomic mass is 10.2. The second-order valence-corrected chi connectivity index (χ2v) is 4.46. The minimum atomic E-state index is 0.131. The molecule has 0 aromatic heterocycles. The Bertz CT molecular complexity index is 537. The molecule has 1 aliphatic rings. The van der Waals surface area contributed by atoms with Gasteiger partial charge in [-0.3, -0.25) is 0 Å². The zero-order valence-electron chi connectivity index (χ0n) is 10.4. The fraction of sp³-hybridized carbons (Fsp3) is 0.286. The van der Waals surface area contributed by atoms with Gasteiger partial charge >= 0.3 is 0 Å². The number of benzene rings is 1. The summed E-state index contributed by atoms with van der Waals surface area (Å²) in [4.78, 5) is 3.98. The third-order valence-corrected chi connectivity index (χ3v) is 3.19. The average molecular weight is 273 g/mol. The molecule has 1 aromatic carbocycles. The Labute approximate surface area is 117 Å². The first-order valence-electron chi connectivity index (χ1n) is 5.99. The minimum Gasteiger partial charge on any atom is -0.353 e. The Kier molecular flexibility index (Phi) is 4.28. The number of anilines is 1. The largest absolute Gasteiger partial charge is 0.353 e. The van der Waals surface area contributed by atoms with Crippen LogP contribution in [0.5, 0.6) is 0 Å². The van der Waals surface area contributed by atoms with E-state index in [1.807, 2.05) is 52.3 Å². The van der Waals surface area contributed by atoms with Crippen LogP contribution >= 0.6 is 11.6 Å². The highest BCUT2D eigenvalue weighted by Gasteiger charge is 2.28. The van der Waals surface area contributed by atoms with Gasteiger partial charge in [-0.2, -0.15) is 10.5 Å². The maximum Gasteiger partial charge on any atom is 0.170 e. The number of hydrogen-bond acceptors (Lipinski definition) is 4. The molecule has 0 bridgehead atoms. The summed E-state index contributed by atoms with van der Waals surface area (Å²) in [7, 11) is 0. The molecule has 1 heterocycles. The number of rotatable bonds is 3. The van der Waals surface area contributed by atoms with Crippen molar-refractivity contribution in [3.8, 4) is 12.1 Å². The van der Waals surface area contributed by atoms with Gasteiger partial charge in [0.2, 0.25) is 0 Å². The molecule has 1 saturated heterocycles. The smallest absolute Gasteiger partial charge is 0.170 e. The molecule has 4 nitrogen and oxygen atoms in total. The molecule has 0 N–H and O–H groups in total. The van der Waals surface area contributed by atoms with Gasteiger partial charge in [0, 0.05) is 31.2 Å². The second-order valence-electron chi connectivity index (χ2n) is 4.09. The lowest BCUT2D eigenvalue weighted by molar-refractivity contribution is 0.421. The van der Waals surface area contributed by atoms with Gasteiger partial charge in [-0.15, -0.1) is 11.6 Å². The van der Waals surface area contributed by atoms with Crippen molar-refractivity contribution in [2.24, 2.45) is 0 Å². The second kappa shape index (κ2) is 6.13. The molecule has 1 aliphatic heterocycles. The fourth-order valence-electron chi connectivity index (χ4n) is 2.20. The predicted molar refractivity (Wildman–Crippen MR) is 74.3 cm³/mol. The molecule has 2 rings (SSSR count). The van der Waals surface area contributed by atoms with Gasteiger partial charge in [0.05, 0.1) is 0 Å². The van der Waals surface area contributed by atoms with Gasteiger partial charge in [0.15, 0.2) is 5.57 Å². The number of nitriles is 2. The minimum absolute atomic E-state index is 0.131. The summed E-state index contributed by atoms with van der Waals surface area (Å²) in [5.74, 6) is 1.13. The summed E-state index contributed by atoms with van der Waals surface area (Å²) in [6, 6.07) is 13.7. The van der Waals surface area contributed by atoms with Crippen LogP contribution in [0.15, 0.2) is 41.7 Å². The Morgan fingerprint density at radius 2 is 1.84 bits per heavy atom. The molecule has 0 unspecified atom stereocenters. The summed E-state index contributed by atoms with van der Waals surface area (Å²) < 4.78 is 0. The molecule has 0 amide bonds. The van der Waals surface area contributed by atoms with Crippen molar-refractivity contribution in [2.75, 3.05) is 30.4 Å². The van der Waals surface area contributed by atoms with Crippen LogP contribution in [0.25, 0.3) is 0 Å². The predicted octanol–water partition coefficient (Wildman–Crippen LogP) is 2.31. The Morgan fingerprint density at radius 3 is 2.42 bits per heavy atom. The van der Waals surface area contributed by atoms with E-state index in [-0.39, 0.29) is 5.57 Å². The highest BCUT2D eigenvalue weighted by molar-refractivity contribution is 6.18. The molecule has 0 saturated carbocycles. The molecular formula is C14H13ClN4. The van der Waals surface area contributed by atoms with E-state index in [1.54, 1.807) is 0 Å². The summed E-state index contributed by atoms with van der Waals surface area (Å²) in [5, 5.41) is 18.2. The van der Waals surface area contributed by atoms with Crippen LogP contribution in [-0.2, 0) is 0 Å². The standard InChI is InChI=1S/C14H13ClN4/c15-6-7-18-8-9-19(13-4-2-1-3-5-13)14(18)12(10-16)11-17/h1-5H,6-9H2. The maximum atomic E-state index is 9.12. The molecule has 1 aromatic rings. The molecule has 96 valence electrons. The van der Waals surface area contributed by atoms with Crippen molar-refractivity contribution in [3.05, 3.63) is 41.7 Å². The van der Waals surface area contributed by atoms with Crippen LogP contribution in [-0.4, -0.2) is 30.4 Å². The van der Waals surface area contributed by atoms with E-state index in [4.69, 9.17) is 22.1 Å². The topological polar surface area (TPSA) is 54.1 Å².